The molecule has 3 unspecified atom stereocenters. The first-order chi connectivity index (χ1) is 15.1. The van der Waals surface area contributed by atoms with Crippen LogP contribution in [0, 0.1) is 17.0 Å². The molecule has 3 aromatic rings. The van der Waals surface area contributed by atoms with Crippen LogP contribution in [0.4, 0.5) is 5.69 Å². The van der Waals surface area contributed by atoms with Gasteiger partial charge in [-0.25, -0.2) is 8.51 Å². The standard InChI is InChI=1S/C21H18ClN3O5S2/c1-15-2-10-19(11-3-15)31(28,24-14-21(24)16-4-6-17(22)7-5-16)23-32(29,30)20-12-8-18(9-13-20)25(26)27/h2-13,21H,14H2,1H3. The molecule has 0 bridgehead atoms. The van der Waals surface area contributed by atoms with Crippen molar-refractivity contribution < 1.29 is 17.6 Å². The fourth-order valence-electron chi connectivity index (χ4n) is 3.21. The van der Waals surface area contributed by atoms with Gasteiger partial charge in [0.25, 0.3) is 15.7 Å². The van der Waals surface area contributed by atoms with Gasteiger partial charge in [0.1, 0.15) is 0 Å². The first-order valence-corrected chi connectivity index (χ1v) is 12.8. The first kappa shape index (κ1) is 22.4. The molecule has 3 aromatic carbocycles. The molecule has 0 saturated carbocycles. The topological polar surface area (TPSA) is 110 Å². The van der Waals surface area contributed by atoms with Crippen molar-refractivity contribution in [2.75, 3.05) is 6.54 Å². The third-order valence-electron chi connectivity index (χ3n) is 5.01. The molecule has 0 spiro atoms. The van der Waals surface area contributed by atoms with Crippen LogP contribution in [-0.2, 0) is 19.9 Å². The second-order valence-electron chi connectivity index (χ2n) is 7.28. The van der Waals surface area contributed by atoms with Gasteiger partial charge < -0.3 is 0 Å². The lowest BCUT2D eigenvalue weighted by Gasteiger charge is -2.13. The van der Waals surface area contributed by atoms with E-state index in [9.17, 15) is 22.7 Å². The molecule has 1 aliphatic rings. The summed E-state index contributed by atoms with van der Waals surface area (Å²) >= 11 is 5.95. The molecule has 4 rings (SSSR count). The average Bonchev–Trinajstić information content (AvgIpc) is 3.56. The van der Waals surface area contributed by atoms with Gasteiger partial charge in [-0.3, -0.25) is 10.1 Å². The summed E-state index contributed by atoms with van der Waals surface area (Å²) in [4.78, 5) is 10.2. The molecular weight excluding hydrogens is 474 g/mol. The fraction of sp³-hybridized carbons (Fsp3) is 0.143. The van der Waals surface area contributed by atoms with Crippen molar-refractivity contribution in [1.29, 1.82) is 0 Å². The zero-order valence-electron chi connectivity index (χ0n) is 16.8. The minimum atomic E-state index is -4.37. The molecular formula is C21H18ClN3O5S2. The Morgan fingerprint density at radius 2 is 1.50 bits per heavy atom. The van der Waals surface area contributed by atoms with Crippen molar-refractivity contribution in [3.05, 3.63) is 99.1 Å². The largest absolute Gasteiger partial charge is 0.291 e. The molecule has 0 aromatic heterocycles. The van der Waals surface area contributed by atoms with E-state index in [1.54, 1.807) is 48.5 Å². The van der Waals surface area contributed by atoms with Crippen LogP contribution in [0.5, 0.6) is 0 Å². The monoisotopic (exact) mass is 491 g/mol. The van der Waals surface area contributed by atoms with Crippen LogP contribution < -0.4 is 0 Å². The predicted molar refractivity (Wildman–Crippen MR) is 121 cm³/mol. The Hall–Kier alpha value is -2.79. The number of nitrogens with zero attached hydrogens (tertiary/aromatic N) is 3. The van der Waals surface area contributed by atoms with E-state index in [4.69, 9.17) is 11.6 Å². The Bertz CT molecular complexity index is 1400. The highest BCUT2D eigenvalue weighted by molar-refractivity contribution is 8.02. The van der Waals surface area contributed by atoms with E-state index in [0.717, 1.165) is 35.4 Å². The Morgan fingerprint density at radius 3 is 2.06 bits per heavy atom. The smallest absolute Gasteiger partial charge is 0.258 e. The number of nitro groups is 1. The normalized spacial score (nSPS) is 19.7. The van der Waals surface area contributed by atoms with E-state index in [-0.39, 0.29) is 21.5 Å². The summed E-state index contributed by atoms with van der Waals surface area (Å²) in [5.41, 5.74) is 1.52. The lowest BCUT2D eigenvalue weighted by atomic mass is 10.2. The van der Waals surface area contributed by atoms with Crippen molar-refractivity contribution in [3.63, 3.8) is 0 Å². The van der Waals surface area contributed by atoms with Gasteiger partial charge in [0.05, 0.1) is 20.8 Å². The Labute approximate surface area is 191 Å². The maximum atomic E-state index is 14.1. The van der Waals surface area contributed by atoms with Gasteiger partial charge in [-0.05, 0) is 48.9 Å². The van der Waals surface area contributed by atoms with Crippen molar-refractivity contribution >= 4 is 37.2 Å². The minimum Gasteiger partial charge on any atom is -0.258 e. The summed E-state index contributed by atoms with van der Waals surface area (Å²) < 4.78 is 45.6. The molecule has 0 amide bonds. The predicted octanol–water partition coefficient (Wildman–Crippen LogP) is 4.74. The number of non-ortho nitro benzene ring substituents is 1. The molecule has 0 aliphatic carbocycles. The van der Waals surface area contributed by atoms with Crippen LogP contribution in [0.1, 0.15) is 17.2 Å². The average molecular weight is 492 g/mol. The van der Waals surface area contributed by atoms with Crippen molar-refractivity contribution in [2.24, 2.45) is 3.77 Å². The number of rotatable bonds is 6. The Balaban J connectivity index is 1.80. The van der Waals surface area contributed by atoms with Gasteiger partial charge in [-0.15, -0.1) is 0 Å². The van der Waals surface area contributed by atoms with Crippen LogP contribution in [0.3, 0.4) is 0 Å². The molecule has 0 radical (unpaired) electrons. The summed E-state index contributed by atoms with van der Waals surface area (Å²) in [5, 5.41) is 11.4. The van der Waals surface area contributed by atoms with Crippen LogP contribution in [0.15, 0.2) is 86.4 Å². The molecule has 1 fully saturated rings. The molecule has 8 nitrogen and oxygen atoms in total. The fourth-order valence-corrected chi connectivity index (χ4v) is 7.48. The van der Waals surface area contributed by atoms with Crippen molar-refractivity contribution in [2.45, 2.75) is 22.8 Å². The van der Waals surface area contributed by atoms with Crippen molar-refractivity contribution in [1.82, 2.24) is 4.31 Å². The SMILES string of the molecule is Cc1ccc(S(=O)(=NS(=O)(=O)c2ccc([N+](=O)[O-])cc2)N2CC2c2ccc(Cl)cc2)cc1. The lowest BCUT2D eigenvalue weighted by Crippen LogP contribution is -2.15. The van der Waals surface area contributed by atoms with Crippen LogP contribution in [0.2, 0.25) is 5.02 Å². The summed E-state index contributed by atoms with van der Waals surface area (Å²) in [5.74, 6) is 0. The lowest BCUT2D eigenvalue weighted by molar-refractivity contribution is -0.384. The van der Waals surface area contributed by atoms with E-state index >= 15 is 0 Å². The van der Waals surface area contributed by atoms with Gasteiger partial charge >= 0.3 is 0 Å². The summed E-state index contributed by atoms with van der Waals surface area (Å²) in [6.07, 6.45) is 0. The zero-order chi connectivity index (χ0) is 23.1. The Kier molecular flexibility index (Phi) is 5.80. The quantitative estimate of drug-likeness (QED) is 0.281. The molecule has 1 aliphatic heterocycles. The van der Waals surface area contributed by atoms with E-state index in [2.05, 4.69) is 3.77 Å². The Morgan fingerprint density at radius 1 is 0.938 bits per heavy atom. The van der Waals surface area contributed by atoms with E-state index in [0.29, 0.717) is 11.6 Å². The van der Waals surface area contributed by atoms with Gasteiger partial charge in [0.15, 0.2) is 9.92 Å². The molecule has 32 heavy (non-hydrogen) atoms. The number of hydrogen-bond acceptors (Lipinski definition) is 5. The number of aryl methyl sites for hydroxylation is 1. The molecule has 0 N–H and O–H groups in total. The summed E-state index contributed by atoms with van der Waals surface area (Å²) in [6.45, 7) is 2.22. The molecule has 3 atom stereocenters. The third-order valence-corrected chi connectivity index (χ3v) is 9.65. The highest BCUT2D eigenvalue weighted by atomic mass is 35.5. The number of sulfonamides is 1. The molecule has 1 saturated heterocycles. The third kappa shape index (κ3) is 4.40. The number of hydrogen-bond donors (Lipinski definition) is 0. The summed E-state index contributed by atoms with van der Waals surface area (Å²) in [7, 11) is -7.90. The highest BCUT2D eigenvalue weighted by Crippen LogP contribution is 2.42. The van der Waals surface area contributed by atoms with Crippen molar-refractivity contribution in [3.8, 4) is 0 Å². The highest BCUT2D eigenvalue weighted by Gasteiger charge is 2.45. The molecule has 1 heterocycles. The second-order valence-corrected chi connectivity index (χ2v) is 11.7. The molecule has 11 heteroatoms. The van der Waals surface area contributed by atoms with Gasteiger partial charge in [-0.2, -0.15) is 8.42 Å². The van der Waals surface area contributed by atoms with E-state index in [1.165, 1.54) is 4.31 Å². The number of nitro benzene ring substituents is 1. The number of halogens is 1. The van der Waals surface area contributed by atoms with Gasteiger partial charge in [0, 0.05) is 23.7 Å². The van der Waals surface area contributed by atoms with E-state index < -0.39 is 24.9 Å². The first-order valence-electron chi connectivity index (χ1n) is 9.47. The maximum absolute atomic E-state index is 14.1. The maximum Gasteiger partial charge on any atom is 0.291 e. The van der Waals surface area contributed by atoms with Gasteiger partial charge in [-0.1, -0.05) is 45.2 Å². The number of benzene rings is 3. The molecule has 166 valence electrons. The van der Waals surface area contributed by atoms with Crippen LogP contribution >= 0.6 is 11.6 Å². The van der Waals surface area contributed by atoms with E-state index in [1.807, 2.05) is 6.92 Å². The van der Waals surface area contributed by atoms with Crippen LogP contribution in [-0.4, -0.2) is 28.4 Å². The van der Waals surface area contributed by atoms with Crippen LogP contribution in [0.25, 0.3) is 0 Å². The minimum absolute atomic E-state index is 0.253. The summed E-state index contributed by atoms with van der Waals surface area (Å²) in [6, 6.07) is 17.7. The second kappa shape index (κ2) is 8.28. The zero-order valence-corrected chi connectivity index (χ0v) is 19.2. The van der Waals surface area contributed by atoms with Gasteiger partial charge in [0.2, 0.25) is 0 Å².